The zero-order valence-electron chi connectivity index (χ0n) is 7.35. The van der Waals surface area contributed by atoms with E-state index >= 15 is 0 Å². The first-order valence-corrected chi connectivity index (χ1v) is 3.71. The number of nitriles is 2. The van der Waals surface area contributed by atoms with Crippen LogP contribution in [0.2, 0.25) is 0 Å². The Morgan fingerprint density at radius 2 is 1.46 bits per heavy atom. The van der Waals surface area contributed by atoms with E-state index in [1.807, 2.05) is 0 Å². The summed E-state index contributed by atoms with van der Waals surface area (Å²) in [6, 6.07) is 5.12. The molecule has 64 valence electrons. The zero-order chi connectivity index (χ0) is 10.0. The van der Waals surface area contributed by atoms with Gasteiger partial charge in [-0.15, -0.1) is 0 Å². The quantitative estimate of drug-likeness (QED) is 0.605. The largest absolute Gasteiger partial charge is 0.204 e. The summed E-state index contributed by atoms with van der Waals surface area (Å²) in [5, 5.41) is 17.2. The minimum absolute atomic E-state index is 0.0397. The molecule has 0 amide bonds. The summed E-state index contributed by atoms with van der Waals surface area (Å²) < 4.78 is 13.3. The van der Waals surface area contributed by atoms with Crippen LogP contribution >= 0.6 is 0 Å². The maximum Gasteiger partial charge on any atom is 0.159 e. The fourth-order valence-electron chi connectivity index (χ4n) is 1.21. The van der Waals surface area contributed by atoms with Crippen molar-refractivity contribution in [2.45, 2.75) is 13.8 Å². The van der Waals surface area contributed by atoms with Gasteiger partial charge in [0.15, 0.2) is 5.82 Å². The van der Waals surface area contributed by atoms with Gasteiger partial charge in [0.1, 0.15) is 12.1 Å². The minimum Gasteiger partial charge on any atom is -0.204 e. The second kappa shape index (κ2) is 3.25. The van der Waals surface area contributed by atoms with Crippen molar-refractivity contribution in [2.24, 2.45) is 0 Å². The standard InChI is InChI=1S/C10H7FN2/c1-6-3-7(2)9(5-13)10(11)8(6)4-12/h3H,1-2H3. The van der Waals surface area contributed by atoms with Gasteiger partial charge in [-0.1, -0.05) is 6.07 Å². The molecule has 1 rings (SSSR count). The third-order valence-corrected chi connectivity index (χ3v) is 1.88. The Morgan fingerprint density at radius 1 is 1.08 bits per heavy atom. The van der Waals surface area contributed by atoms with E-state index in [0.717, 1.165) is 0 Å². The molecule has 0 atom stereocenters. The smallest absolute Gasteiger partial charge is 0.159 e. The molecule has 0 aromatic heterocycles. The van der Waals surface area contributed by atoms with E-state index in [2.05, 4.69) is 0 Å². The van der Waals surface area contributed by atoms with Crippen LogP contribution < -0.4 is 0 Å². The first-order valence-electron chi connectivity index (χ1n) is 3.71. The van der Waals surface area contributed by atoms with E-state index in [4.69, 9.17) is 10.5 Å². The van der Waals surface area contributed by atoms with Crippen LogP contribution in [0, 0.1) is 42.3 Å². The van der Waals surface area contributed by atoms with Gasteiger partial charge in [-0.2, -0.15) is 10.5 Å². The number of rotatable bonds is 0. The third kappa shape index (κ3) is 1.37. The Morgan fingerprint density at radius 3 is 1.77 bits per heavy atom. The Bertz CT molecular complexity index is 397. The van der Waals surface area contributed by atoms with Crippen molar-refractivity contribution in [3.05, 3.63) is 34.1 Å². The highest BCUT2D eigenvalue weighted by Crippen LogP contribution is 2.19. The Balaban J connectivity index is 3.63. The average Bonchev–Trinajstić information content (AvgIpc) is 2.04. The summed E-state index contributed by atoms with van der Waals surface area (Å²) >= 11 is 0. The lowest BCUT2D eigenvalue weighted by atomic mass is 10.0. The minimum atomic E-state index is -0.706. The molecule has 13 heavy (non-hydrogen) atoms. The second-order valence-electron chi connectivity index (χ2n) is 2.80. The molecule has 0 aliphatic rings. The van der Waals surface area contributed by atoms with Gasteiger partial charge in [0.2, 0.25) is 0 Å². The Hall–Kier alpha value is -1.87. The first kappa shape index (κ1) is 9.22. The number of benzene rings is 1. The summed E-state index contributed by atoms with van der Waals surface area (Å²) in [4.78, 5) is 0. The van der Waals surface area contributed by atoms with Gasteiger partial charge >= 0.3 is 0 Å². The summed E-state index contributed by atoms with van der Waals surface area (Å²) in [6.07, 6.45) is 0. The second-order valence-corrected chi connectivity index (χ2v) is 2.80. The topological polar surface area (TPSA) is 47.6 Å². The Kier molecular flexibility index (Phi) is 2.30. The van der Waals surface area contributed by atoms with Gasteiger partial charge in [-0.05, 0) is 25.0 Å². The highest BCUT2D eigenvalue weighted by atomic mass is 19.1. The first-order chi connectivity index (χ1) is 6.11. The molecule has 0 fully saturated rings. The molecule has 0 unspecified atom stereocenters. The van der Waals surface area contributed by atoms with E-state index in [1.54, 1.807) is 32.1 Å². The third-order valence-electron chi connectivity index (χ3n) is 1.88. The predicted molar refractivity (Wildman–Crippen MR) is 45.3 cm³/mol. The van der Waals surface area contributed by atoms with Crippen molar-refractivity contribution in [1.29, 1.82) is 10.5 Å². The van der Waals surface area contributed by atoms with Crippen LogP contribution in [0.5, 0.6) is 0 Å². The van der Waals surface area contributed by atoms with Crippen LogP contribution in [0.3, 0.4) is 0 Å². The molecule has 0 heterocycles. The van der Waals surface area contributed by atoms with E-state index in [1.165, 1.54) is 0 Å². The van der Waals surface area contributed by atoms with E-state index in [0.29, 0.717) is 11.1 Å². The molecule has 0 bridgehead atoms. The van der Waals surface area contributed by atoms with Gasteiger partial charge in [-0.25, -0.2) is 4.39 Å². The molecular weight excluding hydrogens is 167 g/mol. The number of hydrogen-bond acceptors (Lipinski definition) is 2. The molecule has 1 aromatic rings. The molecular formula is C10H7FN2. The van der Waals surface area contributed by atoms with E-state index in [-0.39, 0.29) is 11.1 Å². The number of nitrogens with zero attached hydrogens (tertiary/aromatic N) is 2. The molecule has 0 N–H and O–H groups in total. The van der Waals surface area contributed by atoms with Crippen LogP contribution in [-0.4, -0.2) is 0 Å². The lowest BCUT2D eigenvalue weighted by Crippen LogP contribution is -1.96. The van der Waals surface area contributed by atoms with Gasteiger partial charge in [0.05, 0.1) is 11.1 Å². The molecule has 0 saturated carbocycles. The van der Waals surface area contributed by atoms with Crippen LogP contribution in [0.1, 0.15) is 22.3 Å². The van der Waals surface area contributed by atoms with Crippen molar-refractivity contribution in [2.75, 3.05) is 0 Å². The number of halogens is 1. The lowest BCUT2D eigenvalue weighted by Gasteiger charge is -2.03. The van der Waals surface area contributed by atoms with Crippen molar-refractivity contribution in [3.8, 4) is 12.1 Å². The molecule has 0 aliphatic carbocycles. The van der Waals surface area contributed by atoms with E-state index in [9.17, 15) is 4.39 Å². The molecule has 1 aromatic carbocycles. The highest BCUT2D eigenvalue weighted by molar-refractivity contribution is 5.49. The molecule has 0 radical (unpaired) electrons. The summed E-state index contributed by atoms with van der Waals surface area (Å²) in [5.41, 5.74) is 1.05. The maximum atomic E-state index is 13.3. The SMILES string of the molecule is Cc1cc(C)c(C#N)c(F)c1C#N. The van der Waals surface area contributed by atoms with Crippen molar-refractivity contribution in [3.63, 3.8) is 0 Å². The van der Waals surface area contributed by atoms with Crippen molar-refractivity contribution < 1.29 is 4.39 Å². The summed E-state index contributed by atoms with van der Waals surface area (Å²) in [5.74, 6) is -0.706. The van der Waals surface area contributed by atoms with Gasteiger partial charge < -0.3 is 0 Å². The van der Waals surface area contributed by atoms with E-state index < -0.39 is 5.82 Å². The molecule has 0 aliphatic heterocycles. The van der Waals surface area contributed by atoms with Gasteiger partial charge in [0.25, 0.3) is 0 Å². The van der Waals surface area contributed by atoms with Crippen LogP contribution in [0.4, 0.5) is 4.39 Å². The molecule has 3 heteroatoms. The number of hydrogen-bond donors (Lipinski definition) is 0. The fourth-order valence-corrected chi connectivity index (χ4v) is 1.21. The van der Waals surface area contributed by atoms with Crippen molar-refractivity contribution in [1.82, 2.24) is 0 Å². The fraction of sp³-hybridized carbons (Fsp3) is 0.200. The van der Waals surface area contributed by atoms with Crippen LogP contribution in [0.15, 0.2) is 6.07 Å². The lowest BCUT2D eigenvalue weighted by molar-refractivity contribution is 0.617. The Labute approximate surface area is 75.8 Å². The predicted octanol–water partition coefficient (Wildman–Crippen LogP) is 2.19. The van der Waals surface area contributed by atoms with Crippen molar-refractivity contribution >= 4 is 0 Å². The summed E-state index contributed by atoms with van der Waals surface area (Å²) in [6.45, 7) is 3.30. The molecule has 0 saturated heterocycles. The number of aryl methyl sites for hydroxylation is 2. The normalized spacial score (nSPS) is 9.00. The molecule has 2 nitrogen and oxygen atoms in total. The average molecular weight is 174 g/mol. The highest BCUT2D eigenvalue weighted by Gasteiger charge is 2.13. The van der Waals surface area contributed by atoms with Crippen LogP contribution in [-0.2, 0) is 0 Å². The maximum absolute atomic E-state index is 13.3. The molecule has 0 spiro atoms. The summed E-state index contributed by atoms with van der Waals surface area (Å²) in [7, 11) is 0. The van der Waals surface area contributed by atoms with Gasteiger partial charge in [0, 0.05) is 0 Å². The van der Waals surface area contributed by atoms with Gasteiger partial charge in [-0.3, -0.25) is 0 Å². The monoisotopic (exact) mass is 174 g/mol. The van der Waals surface area contributed by atoms with Crippen LogP contribution in [0.25, 0.3) is 0 Å². The zero-order valence-corrected chi connectivity index (χ0v) is 7.35.